The van der Waals surface area contributed by atoms with E-state index in [0.29, 0.717) is 0 Å². The molecule has 0 atom stereocenters. The van der Waals surface area contributed by atoms with Gasteiger partial charge in [-0.3, -0.25) is 0 Å². The van der Waals surface area contributed by atoms with E-state index in [1.165, 1.54) is 0 Å². The van der Waals surface area contributed by atoms with E-state index >= 15 is 0 Å². The molecule has 2 rings (SSSR count). The topological polar surface area (TPSA) is 58.5 Å². The van der Waals surface area contributed by atoms with Crippen molar-refractivity contribution in [1.82, 2.24) is 24.8 Å². The van der Waals surface area contributed by atoms with E-state index in [1.54, 1.807) is 6.20 Å². The highest BCUT2D eigenvalue weighted by molar-refractivity contribution is 5.44. The lowest BCUT2D eigenvalue weighted by Crippen LogP contribution is -2.11. The van der Waals surface area contributed by atoms with Crippen molar-refractivity contribution in [2.24, 2.45) is 7.05 Å². The highest BCUT2D eigenvalue weighted by atomic mass is 15.1. The molecule has 0 saturated heterocycles. The monoisotopic (exact) mass is 205 g/mol. The van der Waals surface area contributed by atoms with Gasteiger partial charge in [0.15, 0.2) is 11.6 Å². The second-order valence-electron chi connectivity index (χ2n) is 3.40. The number of nitrogens with zero attached hydrogens (tertiary/aromatic N) is 3. The molecule has 2 aromatic heterocycles. The zero-order valence-electron chi connectivity index (χ0n) is 8.99. The maximum Gasteiger partial charge on any atom is 0.175 e. The molecule has 80 valence electrons. The van der Waals surface area contributed by atoms with Crippen molar-refractivity contribution in [2.75, 3.05) is 6.54 Å². The van der Waals surface area contributed by atoms with Crippen molar-refractivity contribution in [3.8, 4) is 11.6 Å². The SMILES string of the molecule is CCNCc1cnc(-c2nccn2C)[nH]1. The van der Waals surface area contributed by atoms with Gasteiger partial charge in [0.05, 0.1) is 6.20 Å². The molecule has 2 N–H and O–H groups in total. The Labute approximate surface area is 88.6 Å². The summed E-state index contributed by atoms with van der Waals surface area (Å²) in [5.74, 6) is 1.67. The third kappa shape index (κ3) is 2.07. The van der Waals surface area contributed by atoms with E-state index in [-0.39, 0.29) is 0 Å². The molecule has 0 saturated carbocycles. The van der Waals surface area contributed by atoms with Crippen LogP contribution in [0.25, 0.3) is 11.6 Å². The molecule has 2 heterocycles. The lowest BCUT2D eigenvalue weighted by atomic mass is 10.5. The predicted octanol–water partition coefficient (Wildman–Crippen LogP) is 0.920. The van der Waals surface area contributed by atoms with E-state index in [0.717, 1.165) is 30.4 Å². The summed E-state index contributed by atoms with van der Waals surface area (Å²) in [5.41, 5.74) is 1.08. The van der Waals surface area contributed by atoms with Crippen molar-refractivity contribution in [1.29, 1.82) is 0 Å². The molecule has 0 fully saturated rings. The molecule has 15 heavy (non-hydrogen) atoms. The second kappa shape index (κ2) is 4.27. The smallest absolute Gasteiger partial charge is 0.175 e. The molecule has 0 aliphatic carbocycles. The van der Waals surface area contributed by atoms with Crippen LogP contribution in [0.5, 0.6) is 0 Å². The van der Waals surface area contributed by atoms with Crippen molar-refractivity contribution < 1.29 is 0 Å². The molecule has 0 aromatic carbocycles. The third-order valence-corrected chi connectivity index (χ3v) is 2.23. The zero-order chi connectivity index (χ0) is 10.7. The number of aryl methyl sites for hydroxylation is 1. The van der Waals surface area contributed by atoms with Gasteiger partial charge in [-0.25, -0.2) is 9.97 Å². The van der Waals surface area contributed by atoms with Gasteiger partial charge in [0.2, 0.25) is 0 Å². The van der Waals surface area contributed by atoms with Crippen LogP contribution < -0.4 is 5.32 Å². The Kier molecular flexibility index (Phi) is 2.82. The summed E-state index contributed by atoms with van der Waals surface area (Å²) >= 11 is 0. The second-order valence-corrected chi connectivity index (χ2v) is 3.40. The minimum absolute atomic E-state index is 0.813. The van der Waals surface area contributed by atoms with Gasteiger partial charge in [0.1, 0.15) is 0 Å². The van der Waals surface area contributed by atoms with Crippen molar-refractivity contribution in [2.45, 2.75) is 13.5 Å². The number of aromatic amines is 1. The van der Waals surface area contributed by atoms with Crippen LogP contribution in [0.2, 0.25) is 0 Å². The van der Waals surface area contributed by atoms with Crippen LogP contribution in [0, 0.1) is 0 Å². The maximum absolute atomic E-state index is 4.29. The first kappa shape index (κ1) is 9.92. The molecule has 0 bridgehead atoms. The van der Waals surface area contributed by atoms with Crippen LogP contribution in [-0.2, 0) is 13.6 Å². The summed E-state index contributed by atoms with van der Waals surface area (Å²) < 4.78 is 1.94. The van der Waals surface area contributed by atoms with Crippen molar-refractivity contribution in [3.63, 3.8) is 0 Å². The normalized spacial score (nSPS) is 10.8. The minimum atomic E-state index is 0.813. The molecule has 5 heteroatoms. The quantitative estimate of drug-likeness (QED) is 0.780. The summed E-state index contributed by atoms with van der Waals surface area (Å²) in [6, 6.07) is 0. The van der Waals surface area contributed by atoms with Crippen LogP contribution >= 0.6 is 0 Å². The van der Waals surface area contributed by atoms with Gasteiger partial charge in [-0.2, -0.15) is 0 Å². The molecular weight excluding hydrogens is 190 g/mol. The van der Waals surface area contributed by atoms with E-state index in [1.807, 2.05) is 24.0 Å². The molecule has 0 unspecified atom stereocenters. The molecule has 5 nitrogen and oxygen atoms in total. The summed E-state index contributed by atoms with van der Waals surface area (Å²) in [6.07, 6.45) is 5.51. The molecular formula is C10H15N5. The molecule has 0 aliphatic rings. The lowest BCUT2D eigenvalue weighted by molar-refractivity contribution is 0.714. The fourth-order valence-electron chi connectivity index (χ4n) is 1.42. The Morgan fingerprint density at radius 3 is 3.00 bits per heavy atom. The molecule has 2 aromatic rings. The minimum Gasteiger partial charge on any atom is -0.338 e. The van der Waals surface area contributed by atoms with Gasteiger partial charge in [0.25, 0.3) is 0 Å². The van der Waals surface area contributed by atoms with E-state index in [4.69, 9.17) is 0 Å². The van der Waals surface area contributed by atoms with Gasteiger partial charge in [-0.05, 0) is 6.54 Å². The largest absolute Gasteiger partial charge is 0.338 e. The molecule has 0 radical (unpaired) electrons. The maximum atomic E-state index is 4.29. The summed E-state index contributed by atoms with van der Waals surface area (Å²) in [5, 5.41) is 3.24. The number of hydrogen-bond acceptors (Lipinski definition) is 3. The fraction of sp³-hybridized carbons (Fsp3) is 0.400. The average Bonchev–Trinajstić information content (AvgIpc) is 2.83. The molecule has 0 aliphatic heterocycles. The predicted molar refractivity (Wildman–Crippen MR) is 58.2 cm³/mol. The highest BCUT2D eigenvalue weighted by Crippen LogP contribution is 2.11. The Morgan fingerprint density at radius 1 is 1.47 bits per heavy atom. The zero-order valence-corrected chi connectivity index (χ0v) is 8.99. The number of imidazole rings is 2. The van der Waals surface area contributed by atoms with Gasteiger partial charge in [0, 0.05) is 31.7 Å². The Bertz CT molecular complexity index is 428. The van der Waals surface area contributed by atoms with Crippen LogP contribution in [0.4, 0.5) is 0 Å². The number of rotatable bonds is 4. The first-order valence-electron chi connectivity index (χ1n) is 5.03. The van der Waals surface area contributed by atoms with Crippen LogP contribution in [-0.4, -0.2) is 26.1 Å². The molecule has 0 amide bonds. The first-order chi connectivity index (χ1) is 7.31. The number of H-pyrrole nitrogens is 1. The highest BCUT2D eigenvalue weighted by Gasteiger charge is 2.06. The van der Waals surface area contributed by atoms with Crippen molar-refractivity contribution in [3.05, 3.63) is 24.3 Å². The lowest BCUT2D eigenvalue weighted by Gasteiger charge is -1.98. The van der Waals surface area contributed by atoms with E-state index in [2.05, 4.69) is 27.2 Å². The number of nitrogens with one attached hydrogen (secondary N) is 2. The van der Waals surface area contributed by atoms with Crippen molar-refractivity contribution >= 4 is 0 Å². The van der Waals surface area contributed by atoms with Gasteiger partial charge >= 0.3 is 0 Å². The average molecular weight is 205 g/mol. The third-order valence-electron chi connectivity index (χ3n) is 2.23. The van der Waals surface area contributed by atoms with Crippen LogP contribution in [0.3, 0.4) is 0 Å². The summed E-state index contributed by atoms with van der Waals surface area (Å²) in [4.78, 5) is 11.8. The number of hydrogen-bond donors (Lipinski definition) is 2. The number of aromatic nitrogens is 4. The fourth-order valence-corrected chi connectivity index (χ4v) is 1.42. The van der Waals surface area contributed by atoms with Crippen LogP contribution in [0.1, 0.15) is 12.6 Å². The first-order valence-corrected chi connectivity index (χ1v) is 5.03. The van der Waals surface area contributed by atoms with E-state index < -0.39 is 0 Å². The summed E-state index contributed by atoms with van der Waals surface area (Å²) in [7, 11) is 1.95. The van der Waals surface area contributed by atoms with Crippen LogP contribution in [0.15, 0.2) is 18.6 Å². The summed E-state index contributed by atoms with van der Waals surface area (Å²) in [6.45, 7) is 3.85. The van der Waals surface area contributed by atoms with Gasteiger partial charge < -0.3 is 14.9 Å². The standard InChI is InChI=1S/C10H15N5/c1-3-11-6-8-7-13-9(14-8)10-12-4-5-15(10)2/h4-5,7,11H,3,6H2,1-2H3,(H,13,14). The Hall–Kier alpha value is -1.62. The van der Waals surface area contributed by atoms with Gasteiger partial charge in [-0.1, -0.05) is 6.92 Å². The van der Waals surface area contributed by atoms with E-state index in [9.17, 15) is 0 Å². The van der Waals surface area contributed by atoms with Gasteiger partial charge in [-0.15, -0.1) is 0 Å². The Balaban J connectivity index is 2.17. The Morgan fingerprint density at radius 2 is 2.33 bits per heavy atom. The molecule has 0 spiro atoms.